The Morgan fingerprint density at radius 1 is 1.20 bits per heavy atom. The highest BCUT2D eigenvalue weighted by Gasteiger charge is 2.42. The predicted octanol–water partition coefficient (Wildman–Crippen LogP) is 3.17. The number of hydrogen-bond donors (Lipinski definition) is 1. The van der Waals surface area contributed by atoms with Crippen molar-refractivity contribution in [1.82, 2.24) is 10.2 Å². The van der Waals surface area contributed by atoms with Crippen LogP contribution in [0.3, 0.4) is 0 Å². The van der Waals surface area contributed by atoms with E-state index in [4.69, 9.17) is 0 Å². The second-order valence-corrected chi connectivity index (χ2v) is 11.0. The lowest BCUT2D eigenvalue weighted by atomic mass is 9.91. The van der Waals surface area contributed by atoms with Gasteiger partial charge >= 0.3 is 6.18 Å². The number of piperidine rings is 1. The maximum atomic E-state index is 12.9. The Morgan fingerprint density at radius 3 is 2.50 bits per heavy atom. The molecule has 2 saturated heterocycles. The monoisotopic (exact) mass is 447 g/mol. The SMILES string of the molecule is CC(C)[C@H]1CN(c2cccc(S(C)(=O)=O)c2)CCN1CC1CCC(C(F)(F)F)NC1. The van der Waals surface area contributed by atoms with E-state index in [1.807, 2.05) is 6.07 Å². The van der Waals surface area contributed by atoms with Gasteiger partial charge in [-0.1, -0.05) is 19.9 Å². The Hall–Kier alpha value is -1.32. The summed E-state index contributed by atoms with van der Waals surface area (Å²) in [6, 6.07) is 5.93. The minimum Gasteiger partial charge on any atom is -0.369 e. The number of nitrogens with one attached hydrogen (secondary N) is 1. The van der Waals surface area contributed by atoms with Gasteiger partial charge in [-0.05, 0) is 49.4 Å². The van der Waals surface area contributed by atoms with Crippen molar-refractivity contribution in [3.05, 3.63) is 24.3 Å². The summed E-state index contributed by atoms with van der Waals surface area (Å²) < 4.78 is 62.4. The second kappa shape index (κ2) is 9.04. The summed E-state index contributed by atoms with van der Waals surface area (Å²) in [7, 11) is -3.26. The highest BCUT2D eigenvalue weighted by Crippen LogP contribution is 2.30. The van der Waals surface area contributed by atoms with Gasteiger partial charge in [-0.2, -0.15) is 13.2 Å². The smallest absolute Gasteiger partial charge is 0.369 e. The van der Waals surface area contributed by atoms with Gasteiger partial charge in [0.2, 0.25) is 0 Å². The van der Waals surface area contributed by atoms with Crippen molar-refractivity contribution < 1.29 is 21.6 Å². The summed E-state index contributed by atoms with van der Waals surface area (Å²) in [5, 5.41) is 2.68. The summed E-state index contributed by atoms with van der Waals surface area (Å²) in [6.45, 7) is 7.85. The standard InChI is InChI=1S/C21H32F3N3O2S/c1-15(2)19-14-26(17-5-4-6-18(11-17)30(3,28)29)9-10-27(19)13-16-7-8-20(25-12-16)21(22,23)24/h4-6,11,15-16,19-20,25H,7-10,12-14H2,1-3H3/t16?,19-,20?/m1/s1. The number of alkyl halides is 3. The molecule has 2 heterocycles. The van der Waals surface area contributed by atoms with Crippen molar-refractivity contribution in [3.8, 4) is 0 Å². The molecule has 3 rings (SSSR count). The van der Waals surface area contributed by atoms with Crippen LogP contribution in [-0.2, 0) is 9.84 Å². The molecule has 1 aromatic carbocycles. The average Bonchev–Trinajstić information content (AvgIpc) is 2.67. The number of piperazine rings is 1. The molecule has 0 aliphatic carbocycles. The topological polar surface area (TPSA) is 52.7 Å². The van der Waals surface area contributed by atoms with E-state index in [9.17, 15) is 21.6 Å². The van der Waals surface area contributed by atoms with Gasteiger partial charge in [-0.3, -0.25) is 4.90 Å². The third-order valence-electron chi connectivity index (χ3n) is 6.32. The average molecular weight is 448 g/mol. The van der Waals surface area contributed by atoms with E-state index in [0.29, 0.717) is 23.8 Å². The number of anilines is 1. The molecule has 0 saturated carbocycles. The quantitative estimate of drug-likeness (QED) is 0.752. The van der Waals surface area contributed by atoms with Crippen molar-refractivity contribution in [3.63, 3.8) is 0 Å². The number of halogens is 3. The Labute approximate surface area is 177 Å². The fourth-order valence-corrected chi connectivity index (χ4v) is 5.19. The fourth-order valence-electron chi connectivity index (χ4n) is 4.53. The van der Waals surface area contributed by atoms with Gasteiger partial charge < -0.3 is 10.2 Å². The number of nitrogens with zero attached hydrogens (tertiary/aromatic N) is 2. The van der Waals surface area contributed by atoms with Crippen molar-refractivity contribution in [2.45, 2.75) is 49.8 Å². The van der Waals surface area contributed by atoms with Crippen molar-refractivity contribution in [1.29, 1.82) is 0 Å². The van der Waals surface area contributed by atoms with Crippen LogP contribution in [0.5, 0.6) is 0 Å². The van der Waals surface area contributed by atoms with Gasteiger partial charge in [0.25, 0.3) is 0 Å². The van der Waals surface area contributed by atoms with Crippen molar-refractivity contribution in [2.24, 2.45) is 11.8 Å². The molecule has 5 nitrogen and oxygen atoms in total. The molecule has 1 aromatic rings. The van der Waals surface area contributed by atoms with Crippen LogP contribution in [0.4, 0.5) is 18.9 Å². The highest BCUT2D eigenvalue weighted by atomic mass is 32.2. The number of rotatable bonds is 5. The molecule has 0 bridgehead atoms. The summed E-state index contributed by atoms with van der Waals surface area (Å²) in [5.74, 6) is 0.593. The van der Waals surface area contributed by atoms with E-state index >= 15 is 0 Å². The first-order valence-electron chi connectivity index (χ1n) is 10.5. The zero-order valence-electron chi connectivity index (χ0n) is 17.8. The third kappa shape index (κ3) is 5.68. The molecule has 0 spiro atoms. The van der Waals surface area contributed by atoms with Crippen LogP contribution in [0, 0.1) is 11.8 Å². The van der Waals surface area contributed by atoms with Crippen LogP contribution < -0.4 is 10.2 Å². The van der Waals surface area contributed by atoms with Crippen molar-refractivity contribution >= 4 is 15.5 Å². The van der Waals surface area contributed by atoms with Crippen LogP contribution in [0.15, 0.2) is 29.2 Å². The van der Waals surface area contributed by atoms with E-state index in [0.717, 1.165) is 31.9 Å². The Kier molecular flexibility index (Phi) is 7.04. The molecule has 1 N–H and O–H groups in total. The van der Waals surface area contributed by atoms with E-state index < -0.39 is 22.1 Å². The molecule has 30 heavy (non-hydrogen) atoms. The minimum absolute atomic E-state index is 0.138. The first-order valence-corrected chi connectivity index (χ1v) is 12.4. The summed E-state index contributed by atoms with van der Waals surface area (Å²) in [4.78, 5) is 4.94. The molecule has 2 unspecified atom stereocenters. The van der Waals surface area contributed by atoms with Crippen molar-refractivity contribution in [2.75, 3.05) is 43.9 Å². The van der Waals surface area contributed by atoms with Crippen LogP contribution in [0.1, 0.15) is 26.7 Å². The zero-order chi connectivity index (χ0) is 22.1. The van der Waals surface area contributed by atoms with Crippen LogP contribution in [0.25, 0.3) is 0 Å². The normalized spacial score (nSPS) is 26.9. The van der Waals surface area contributed by atoms with Gasteiger partial charge in [0, 0.05) is 44.2 Å². The lowest BCUT2D eigenvalue weighted by Crippen LogP contribution is -2.58. The molecular formula is C21H32F3N3O2S. The predicted molar refractivity (Wildman–Crippen MR) is 113 cm³/mol. The first-order chi connectivity index (χ1) is 13.9. The van der Waals surface area contributed by atoms with E-state index in [-0.39, 0.29) is 18.4 Å². The Morgan fingerprint density at radius 2 is 1.93 bits per heavy atom. The largest absolute Gasteiger partial charge is 0.403 e. The van der Waals surface area contributed by atoms with Gasteiger partial charge in [-0.25, -0.2) is 8.42 Å². The number of sulfone groups is 1. The minimum atomic E-state index is -4.17. The summed E-state index contributed by atoms with van der Waals surface area (Å²) >= 11 is 0. The molecule has 2 fully saturated rings. The van der Waals surface area contributed by atoms with Crippen LogP contribution in [0.2, 0.25) is 0 Å². The van der Waals surface area contributed by atoms with E-state index in [2.05, 4.69) is 29.0 Å². The van der Waals surface area contributed by atoms with Gasteiger partial charge in [-0.15, -0.1) is 0 Å². The van der Waals surface area contributed by atoms with Gasteiger partial charge in [0.1, 0.15) is 6.04 Å². The van der Waals surface area contributed by atoms with Gasteiger partial charge in [0.15, 0.2) is 9.84 Å². The number of benzene rings is 1. The molecule has 9 heteroatoms. The van der Waals surface area contributed by atoms with Crippen LogP contribution >= 0.6 is 0 Å². The summed E-state index contributed by atoms with van der Waals surface area (Å²) in [6.07, 6.45) is -2.24. The molecule has 170 valence electrons. The Balaban J connectivity index is 1.64. The second-order valence-electron chi connectivity index (χ2n) is 8.97. The fraction of sp³-hybridized carbons (Fsp3) is 0.714. The maximum absolute atomic E-state index is 12.9. The molecule has 0 radical (unpaired) electrons. The molecular weight excluding hydrogens is 415 g/mol. The van der Waals surface area contributed by atoms with E-state index in [1.54, 1.807) is 18.2 Å². The van der Waals surface area contributed by atoms with Crippen LogP contribution in [-0.4, -0.2) is 70.6 Å². The molecule has 0 amide bonds. The summed E-state index contributed by atoms with van der Waals surface area (Å²) in [5.41, 5.74) is 0.899. The highest BCUT2D eigenvalue weighted by molar-refractivity contribution is 7.90. The zero-order valence-corrected chi connectivity index (χ0v) is 18.6. The van der Waals surface area contributed by atoms with Gasteiger partial charge in [0.05, 0.1) is 4.90 Å². The molecule has 3 atom stereocenters. The maximum Gasteiger partial charge on any atom is 0.403 e. The Bertz CT molecular complexity index is 821. The lowest BCUT2D eigenvalue weighted by Gasteiger charge is -2.46. The lowest BCUT2D eigenvalue weighted by molar-refractivity contribution is -0.162. The molecule has 0 aromatic heterocycles. The molecule has 2 aliphatic heterocycles. The molecule has 2 aliphatic rings. The number of hydrogen-bond acceptors (Lipinski definition) is 5. The van der Waals surface area contributed by atoms with E-state index in [1.165, 1.54) is 6.26 Å². The third-order valence-corrected chi connectivity index (χ3v) is 7.43. The first kappa shape index (κ1) is 23.3.